The molecular weight excluding hydrogens is 434 g/mol. The van der Waals surface area contributed by atoms with Gasteiger partial charge >= 0.3 is 0 Å². The zero-order valence-electron chi connectivity index (χ0n) is 16.6. The molecule has 0 saturated carbocycles. The van der Waals surface area contributed by atoms with E-state index < -0.39 is 0 Å². The molecule has 0 spiro atoms. The Labute approximate surface area is 186 Å². The normalized spacial score (nSPS) is 10.5. The van der Waals surface area contributed by atoms with Crippen LogP contribution in [0.2, 0.25) is 0 Å². The molecule has 0 fully saturated rings. The number of amides is 2. The monoisotopic (exact) mass is 451 g/mol. The number of hydrogen-bond acceptors (Lipinski definition) is 8. The number of carbonyl (C=O) groups excluding carboxylic acids is 2. The Morgan fingerprint density at radius 2 is 1.71 bits per heavy atom. The van der Waals surface area contributed by atoms with Crippen molar-refractivity contribution >= 4 is 44.8 Å². The van der Waals surface area contributed by atoms with Gasteiger partial charge in [0.25, 0.3) is 11.8 Å². The second-order valence-corrected chi connectivity index (χ2v) is 8.21. The molecule has 3 aromatic heterocycles. The summed E-state index contributed by atoms with van der Waals surface area (Å²) >= 11 is 2.64. The number of carbonyl (C=O) groups is 2. The number of hydrogen-bond donors (Lipinski definition) is 2. The van der Waals surface area contributed by atoms with Crippen LogP contribution in [0.25, 0.3) is 10.6 Å². The minimum atomic E-state index is -0.275. The summed E-state index contributed by atoms with van der Waals surface area (Å²) in [4.78, 5) is 38.4. The highest BCUT2D eigenvalue weighted by molar-refractivity contribution is 7.20. The Morgan fingerprint density at radius 3 is 2.42 bits per heavy atom. The fraction of sp³-hybridized carbons (Fsp3) is 0.0952. The van der Waals surface area contributed by atoms with Gasteiger partial charge in [0.15, 0.2) is 10.3 Å². The van der Waals surface area contributed by atoms with Crippen molar-refractivity contribution in [2.45, 2.75) is 6.92 Å². The predicted molar refractivity (Wildman–Crippen MR) is 121 cm³/mol. The van der Waals surface area contributed by atoms with Gasteiger partial charge in [-0.15, -0.1) is 11.3 Å². The maximum absolute atomic E-state index is 12.5. The van der Waals surface area contributed by atoms with Gasteiger partial charge in [-0.05, 0) is 43.3 Å². The minimum Gasteiger partial charge on any atom is -0.497 e. The molecule has 0 radical (unpaired) electrons. The number of thiazole rings is 2. The second-order valence-electron chi connectivity index (χ2n) is 6.35. The average Bonchev–Trinajstić information content (AvgIpc) is 3.40. The Hall–Kier alpha value is -3.63. The third-order valence-electron chi connectivity index (χ3n) is 4.25. The first-order valence-electron chi connectivity index (χ1n) is 9.13. The van der Waals surface area contributed by atoms with Crippen LogP contribution in [0.1, 0.15) is 26.4 Å². The smallest absolute Gasteiger partial charge is 0.259 e. The van der Waals surface area contributed by atoms with E-state index in [1.54, 1.807) is 49.7 Å². The molecule has 10 heteroatoms. The van der Waals surface area contributed by atoms with Crippen molar-refractivity contribution < 1.29 is 14.3 Å². The molecule has 0 atom stereocenters. The Kier molecular flexibility index (Phi) is 6.01. The number of methoxy groups -OCH3 is 1. The number of nitrogens with one attached hydrogen (secondary N) is 2. The molecule has 0 bridgehead atoms. The quantitative estimate of drug-likeness (QED) is 0.448. The van der Waals surface area contributed by atoms with Gasteiger partial charge in [0, 0.05) is 23.3 Å². The molecule has 156 valence electrons. The lowest BCUT2D eigenvalue weighted by Gasteiger charge is -2.03. The maximum atomic E-state index is 12.5. The number of aryl methyl sites for hydroxylation is 1. The molecule has 0 saturated heterocycles. The summed E-state index contributed by atoms with van der Waals surface area (Å²) in [6.07, 6.45) is 3.10. The van der Waals surface area contributed by atoms with Crippen molar-refractivity contribution in [3.8, 4) is 16.3 Å². The standard InChI is InChI=1S/C21H17N5O3S2/c1-12-17(16-11-30-20(24-16)25-19(28)14-4-3-9-22-10-14)31-21(23-12)26-18(27)13-5-7-15(29-2)8-6-13/h3-11H,1-2H3,(H,23,26,27)(H,24,25,28). The first kappa shape index (κ1) is 20.6. The lowest BCUT2D eigenvalue weighted by atomic mass is 10.2. The summed E-state index contributed by atoms with van der Waals surface area (Å²) in [5, 5.41) is 8.37. The lowest BCUT2D eigenvalue weighted by Crippen LogP contribution is -2.11. The van der Waals surface area contributed by atoms with Crippen molar-refractivity contribution in [1.29, 1.82) is 0 Å². The SMILES string of the molecule is COc1ccc(C(=O)Nc2nc(C)c(-c3csc(NC(=O)c4cccnc4)n3)s2)cc1. The Morgan fingerprint density at radius 1 is 0.968 bits per heavy atom. The lowest BCUT2D eigenvalue weighted by molar-refractivity contribution is 0.101. The third-order valence-corrected chi connectivity index (χ3v) is 6.10. The molecular formula is C21H17N5O3S2. The van der Waals surface area contributed by atoms with Gasteiger partial charge in [0.2, 0.25) is 0 Å². The average molecular weight is 452 g/mol. The molecule has 0 aliphatic rings. The first-order chi connectivity index (χ1) is 15.0. The van der Waals surface area contributed by atoms with Crippen molar-refractivity contribution in [1.82, 2.24) is 15.0 Å². The van der Waals surface area contributed by atoms with E-state index in [0.29, 0.717) is 32.8 Å². The molecule has 0 unspecified atom stereocenters. The van der Waals surface area contributed by atoms with Crippen LogP contribution in [0.3, 0.4) is 0 Å². The minimum absolute atomic E-state index is 0.259. The predicted octanol–water partition coefficient (Wildman–Crippen LogP) is 4.48. The highest BCUT2D eigenvalue weighted by Gasteiger charge is 2.16. The molecule has 0 aliphatic heterocycles. The number of anilines is 2. The van der Waals surface area contributed by atoms with Gasteiger partial charge in [-0.2, -0.15) is 0 Å². The van der Waals surface area contributed by atoms with E-state index in [0.717, 1.165) is 10.6 Å². The molecule has 2 amide bonds. The molecule has 4 aromatic rings. The Bertz CT molecular complexity index is 1220. The summed E-state index contributed by atoms with van der Waals surface area (Å²) in [7, 11) is 1.57. The fourth-order valence-corrected chi connectivity index (χ4v) is 4.39. The van der Waals surface area contributed by atoms with Crippen molar-refractivity contribution in [2.75, 3.05) is 17.7 Å². The summed E-state index contributed by atoms with van der Waals surface area (Å²) in [5.41, 5.74) is 2.39. The summed E-state index contributed by atoms with van der Waals surface area (Å²) in [6.45, 7) is 1.85. The number of benzene rings is 1. The van der Waals surface area contributed by atoms with Crippen LogP contribution in [0.15, 0.2) is 54.2 Å². The molecule has 1 aromatic carbocycles. The highest BCUT2D eigenvalue weighted by atomic mass is 32.1. The zero-order valence-corrected chi connectivity index (χ0v) is 18.2. The number of ether oxygens (including phenoxy) is 1. The number of pyridine rings is 1. The van der Waals surface area contributed by atoms with E-state index in [1.807, 2.05) is 12.3 Å². The van der Waals surface area contributed by atoms with E-state index >= 15 is 0 Å². The Balaban J connectivity index is 1.46. The molecule has 2 N–H and O–H groups in total. The molecule has 31 heavy (non-hydrogen) atoms. The van der Waals surface area contributed by atoms with Crippen LogP contribution in [0.4, 0.5) is 10.3 Å². The van der Waals surface area contributed by atoms with E-state index in [4.69, 9.17) is 4.74 Å². The molecule has 8 nitrogen and oxygen atoms in total. The zero-order chi connectivity index (χ0) is 21.8. The number of nitrogens with zero attached hydrogens (tertiary/aromatic N) is 3. The van der Waals surface area contributed by atoms with E-state index in [1.165, 1.54) is 28.9 Å². The van der Waals surface area contributed by atoms with Crippen molar-refractivity contribution in [3.63, 3.8) is 0 Å². The first-order valence-corrected chi connectivity index (χ1v) is 10.8. The van der Waals surface area contributed by atoms with Gasteiger partial charge < -0.3 is 4.74 Å². The van der Waals surface area contributed by atoms with Gasteiger partial charge in [-0.25, -0.2) is 9.97 Å². The van der Waals surface area contributed by atoms with Crippen LogP contribution in [0.5, 0.6) is 5.75 Å². The van der Waals surface area contributed by atoms with Gasteiger partial charge in [-0.3, -0.25) is 25.2 Å². The van der Waals surface area contributed by atoms with Gasteiger partial charge in [0.1, 0.15) is 5.75 Å². The molecule has 3 heterocycles. The summed E-state index contributed by atoms with van der Waals surface area (Å²) in [6, 6.07) is 10.2. The number of aromatic nitrogens is 3. The van der Waals surface area contributed by atoms with E-state index in [2.05, 4.69) is 25.6 Å². The van der Waals surface area contributed by atoms with Gasteiger partial charge in [-0.1, -0.05) is 11.3 Å². The molecule has 4 rings (SSSR count). The van der Waals surface area contributed by atoms with Crippen LogP contribution >= 0.6 is 22.7 Å². The third kappa shape index (κ3) is 4.76. The van der Waals surface area contributed by atoms with E-state index in [-0.39, 0.29) is 11.8 Å². The maximum Gasteiger partial charge on any atom is 0.259 e. The molecule has 0 aliphatic carbocycles. The van der Waals surface area contributed by atoms with E-state index in [9.17, 15) is 9.59 Å². The summed E-state index contributed by atoms with van der Waals surface area (Å²) < 4.78 is 5.11. The highest BCUT2D eigenvalue weighted by Crippen LogP contribution is 2.34. The van der Waals surface area contributed by atoms with Crippen LogP contribution in [-0.2, 0) is 0 Å². The van der Waals surface area contributed by atoms with Crippen molar-refractivity contribution in [3.05, 3.63) is 71.0 Å². The largest absolute Gasteiger partial charge is 0.497 e. The van der Waals surface area contributed by atoms with Gasteiger partial charge in [0.05, 0.1) is 28.9 Å². The second kappa shape index (κ2) is 9.02. The van der Waals surface area contributed by atoms with Crippen LogP contribution in [0, 0.1) is 6.92 Å². The number of rotatable bonds is 6. The van der Waals surface area contributed by atoms with Crippen molar-refractivity contribution in [2.24, 2.45) is 0 Å². The van der Waals surface area contributed by atoms with Crippen LogP contribution in [-0.4, -0.2) is 33.9 Å². The van der Waals surface area contributed by atoms with Crippen LogP contribution < -0.4 is 15.4 Å². The fourth-order valence-electron chi connectivity index (χ4n) is 2.70. The topological polar surface area (TPSA) is 106 Å². The summed E-state index contributed by atoms with van der Waals surface area (Å²) in [5.74, 6) is 0.145.